The van der Waals surface area contributed by atoms with Crippen LogP contribution >= 0.6 is 0 Å². The third kappa shape index (κ3) is 1.97. The SMILES string of the molecule is N/C(=N\O)C1=CC=CC=CC1. The first-order valence-corrected chi connectivity index (χ1v) is 3.35. The minimum Gasteiger partial charge on any atom is -0.409 e. The minimum atomic E-state index is 0.182. The number of allylic oxidation sites excluding steroid dienone is 5. The molecule has 0 saturated heterocycles. The van der Waals surface area contributed by atoms with Gasteiger partial charge in [0.1, 0.15) is 0 Å². The van der Waals surface area contributed by atoms with E-state index in [2.05, 4.69) is 5.16 Å². The maximum Gasteiger partial charge on any atom is 0.166 e. The van der Waals surface area contributed by atoms with Gasteiger partial charge in [-0.1, -0.05) is 35.5 Å². The van der Waals surface area contributed by atoms with Crippen LogP contribution in [0.3, 0.4) is 0 Å². The molecule has 0 aromatic heterocycles. The van der Waals surface area contributed by atoms with Crippen molar-refractivity contribution in [2.45, 2.75) is 6.42 Å². The van der Waals surface area contributed by atoms with Crippen molar-refractivity contribution in [3.05, 3.63) is 36.0 Å². The second-order valence-corrected chi connectivity index (χ2v) is 2.19. The third-order valence-electron chi connectivity index (χ3n) is 1.43. The Morgan fingerprint density at radius 1 is 1.45 bits per heavy atom. The van der Waals surface area contributed by atoms with Crippen LogP contribution < -0.4 is 5.73 Å². The van der Waals surface area contributed by atoms with Crippen LogP contribution in [0.25, 0.3) is 0 Å². The molecule has 11 heavy (non-hydrogen) atoms. The lowest BCUT2D eigenvalue weighted by Crippen LogP contribution is -2.14. The topological polar surface area (TPSA) is 58.6 Å². The number of oxime groups is 1. The lowest BCUT2D eigenvalue weighted by Gasteiger charge is -1.98. The Labute approximate surface area is 65.2 Å². The zero-order chi connectivity index (χ0) is 8.10. The quantitative estimate of drug-likeness (QED) is 0.255. The highest BCUT2D eigenvalue weighted by atomic mass is 16.4. The van der Waals surface area contributed by atoms with Crippen LogP contribution in [0.1, 0.15) is 6.42 Å². The highest BCUT2D eigenvalue weighted by Crippen LogP contribution is 2.06. The number of nitrogens with zero attached hydrogens (tertiary/aromatic N) is 1. The first kappa shape index (κ1) is 7.60. The van der Waals surface area contributed by atoms with E-state index in [9.17, 15) is 0 Å². The molecule has 0 bridgehead atoms. The van der Waals surface area contributed by atoms with E-state index in [0.29, 0.717) is 6.42 Å². The summed E-state index contributed by atoms with van der Waals surface area (Å²) >= 11 is 0. The smallest absolute Gasteiger partial charge is 0.166 e. The summed E-state index contributed by atoms with van der Waals surface area (Å²) in [7, 11) is 0. The lowest BCUT2D eigenvalue weighted by molar-refractivity contribution is 0.318. The Balaban J connectivity index is 2.80. The van der Waals surface area contributed by atoms with Crippen LogP contribution in [0.15, 0.2) is 41.1 Å². The molecule has 0 unspecified atom stereocenters. The molecule has 0 aliphatic heterocycles. The zero-order valence-corrected chi connectivity index (χ0v) is 6.07. The van der Waals surface area contributed by atoms with E-state index in [4.69, 9.17) is 10.9 Å². The van der Waals surface area contributed by atoms with Gasteiger partial charge in [0.05, 0.1) is 0 Å². The Morgan fingerprint density at radius 2 is 2.27 bits per heavy atom. The summed E-state index contributed by atoms with van der Waals surface area (Å²) in [5.41, 5.74) is 6.21. The highest BCUT2D eigenvalue weighted by molar-refractivity contribution is 5.97. The maximum absolute atomic E-state index is 8.35. The van der Waals surface area contributed by atoms with Crippen LogP contribution in [0.5, 0.6) is 0 Å². The van der Waals surface area contributed by atoms with Crippen molar-refractivity contribution in [2.24, 2.45) is 10.9 Å². The molecule has 0 radical (unpaired) electrons. The summed E-state index contributed by atoms with van der Waals surface area (Å²) in [5, 5.41) is 11.3. The molecular weight excluding hydrogens is 140 g/mol. The van der Waals surface area contributed by atoms with Crippen molar-refractivity contribution in [2.75, 3.05) is 0 Å². The molecule has 0 amide bonds. The minimum absolute atomic E-state index is 0.182. The van der Waals surface area contributed by atoms with Gasteiger partial charge in [-0.25, -0.2) is 0 Å². The van der Waals surface area contributed by atoms with Gasteiger partial charge in [-0.3, -0.25) is 0 Å². The number of amidine groups is 1. The Kier molecular flexibility index (Phi) is 2.49. The Bertz CT molecular complexity index is 249. The van der Waals surface area contributed by atoms with Crippen LogP contribution in [0.4, 0.5) is 0 Å². The second-order valence-electron chi connectivity index (χ2n) is 2.19. The van der Waals surface area contributed by atoms with E-state index in [-0.39, 0.29) is 5.84 Å². The maximum atomic E-state index is 8.35. The molecule has 3 nitrogen and oxygen atoms in total. The van der Waals surface area contributed by atoms with Crippen molar-refractivity contribution in [3.63, 3.8) is 0 Å². The Hall–Kier alpha value is -1.51. The van der Waals surface area contributed by atoms with Gasteiger partial charge in [0, 0.05) is 5.57 Å². The average molecular weight is 150 g/mol. The molecule has 0 spiro atoms. The van der Waals surface area contributed by atoms with E-state index in [1.54, 1.807) is 0 Å². The van der Waals surface area contributed by atoms with Gasteiger partial charge in [-0.05, 0) is 6.42 Å². The molecule has 1 aliphatic carbocycles. The molecule has 58 valence electrons. The predicted molar refractivity (Wildman–Crippen MR) is 44.4 cm³/mol. The zero-order valence-electron chi connectivity index (χ0n) is 6.07. The fourth-order valence-corrected chi connectivity index (χ4v) is 0.832. The van der Waals surface area contributed by atoms with Crippen molar-refractivity contribution in [1.82, 2.24) is 0 Å². The summed E-state index contributed by atoms with van der Waals surface area (Å²) in [6.07, 6.45) is 10.2. The van der Waals surface area contributed by atoms with Gasteiger partial charge in [-0.2, -0.15) is 0 Å². The van der Waals surface area contributed by atoms with E-state index >= 15 is 0 Å². The third-order valence-corrected chi connectivity index (χ3v) is 1.43. The number of nitrogens with two attached hydrogens (primary N) is 1. The van der Waals surface area contributed by atoms with Crippen LogP contribution in [-0.4, -0.2) is 11.0 Å². The molecule has 0 saturated carbocycles. The van der Waals surface area contributed by atoms with E-state index in [0.717, 1.165) is 5.57 Å². The van der Waals surface area contributed by atoms with Crippen LogP contribution in [-0.2, 0) is 0 Å². The molecule has 3 heteroatoms. The fraction of sp³-hybridized carbons (Fsp3) is 0.125. The molecule has 0 atom stereocenters. The summed E-state index contributed by atoms with van der Waals surface area (Å²) in [6.45, 7) is 0. The predicted octanol–water partition coefficient (Wildman–Crippen LogP) is 1.18. The van der Waals surface area contributed by atoms with Gasteiger partial charge >= 0.3 is 0 Å². The molecule has 0 aromatic rings. The van der Waals surface area contributed by atoms with E-state index < -0.39 is 0 Å². The van der Waals surface area contributed by atoms with Gasteiger partial charge in [0.25, 0.3) is 0 Å². The molecule has 1 rings (SSSR count). The molecule has 0 heterocycles. The van der Waals surface area contributed by atoms with Crippen LogP contribution in [0.2, 0.25) is 0 Å². The van der Waals surface area contributed by atoms with Gasteiger partial charge in [0.2, 0.25) is 0 Å². The number of hydrogen-bond donors (Lipinski definition) is 2. The summed E-state index contributed by atoms with van der Waals surface area (Å²) in [4.78, 5) is 0. The monoisotopic (exact) mass is 150 g/mol. The normalized spacial score (nSPS) is 17.8. The standard InChI is InChI=1S/C8H10N2O/c9-8(10-11)7-5-3-1-2-4-6-7/h1-5,11H,6H2,(H2,9,10). The fourth-order valence-electron chi connectivity index (χ4n) is 0.832. The summed E-state index contributed by atoms with van der Waals surface area (Å²) < 4.78 is 0. The van der Waals surface area contributed by atoms with Gasteiger partial charge in [0.15, 0.2) is 5.84 Å². The molecule has 0 fully saturated rings. The number of hydrogen-bond acceptors (Lipinski definition) is 2. The van der Waals surface area contributed by atoms with Crippen molar-refractivity contribution in [1.29, 1.82) is 0 Å². The Morgan fingerprint density at radius 3 is 3.00 bits per heavy atom. The first-order chi connectivity index (χ1) is 5.34. The molecule has 1 aliphatic rings. The first-order valence-electron chi connectivity index (χ1n) is 3.35. The molecule has 3 N–H and O–H groups in total. The van der Waals surface area contributed by atoms with Gasteiger partial charge in [-0.15, -0.1) is 0 Å². The second kappa shape index (κ2) is 3.61. The van der Waals surface area contributed by atoms with E-state index in [1.807, 2.05) is 30.4 Å². The summed E-state index contributed by atoms with van der Waals surface area (Å²) in [6, 6.07) is 0. The van der Waals surface area contributed by atoms with Crippen molar-refractivity contribution < 1.29 is 5.21 Å². The average Bonchev–Trinajstić information content (AvgIpc) is 2.30. The van der Waals surface area contributed by atoms with E-state index in [1.165, 1.54) is 0 Å². The van der Waals surface area contributed by atoms with Crippen molar-refractivity contribution in [3.8, 4) is 0 Å². The molecule has 0 aromatic carbocycles. The number of rotatable bonds is 1. The lowest BCUT2D eigenvalue weighted by atomic mass is 10.1. The molecular formula is C8H10N2O. The van der Waals surface area contributed by atoms with Crippen LogP contribution in [0, 0.1) is 0 Å². The largest absolute Gasteiger partial charge is 0.409 e. The summed E-state index contributed by atoms with van der Waals surface area (Å²) in [5.74, 6) is 0.182. The highest BCUT2D eigenvalue weighted by Gasteiger charge is 2.00. The van der Waals surface area contributed by atoms with Gasteiger partial charge < -0.3 is 10.9 Å². The van der Waals surface area contributed by atoms with Crippen molar-refractivity contribution >= 4 is 5.84 Å².